The molecule has 0 saturated heterocycles. The number of hydrogen-bond acceptors (Lipinski definition) is 5. The van der Waals surface area contributed by atoms with E-state index in [1.807, 2.05) is 103 Å². The van der Waals surface area contributed by atoms with Crippen LogP contribution < -0.4 is 0 Å². The molecule has 0 radical (unpaired) electrons. The second kappa shape index (κ2) is 12.4. The molecule has 0 spiro atoms. The Morgan fingerprint density at radius 1 is 0.407 bits per heavy atom. The lowest BCUT2D eigenvalue weighted by molar-refractivity contribution is 1.07. The van der Waals surface area contributed by atoms with Crippen LogP contribution in [0.4, 0.5) is 0 Å². The van der Waals surface area contributed by atoms with Crippen LogP contribution in [-0.4, -0.2) is 24.1 Å². The van der Waals surface area contributed by atoms with E-state index in [-0.39, 0.29) is 11.1 Å². The van der Waals surface area contributed by atoms with Crippen molar-refractivity contribution in [2.45, 2.75) is 0 Å². The van der Waals surface area contributed by atoms with Gasteiger partial charge in [-0.1, -0.05) is 121 Å². The van der Waals surface area contributed by atoms with Crippen LogP contribution >= 0.6 is 0 Å². The zero-order valence-electron chi connectivity index (χ0n) is 28.7. The van der Waals surface area contributed by atoms with Crippen molar-refractivity contribution in [2.24, 2.45) is 0 Å². The highest BCUT2D eigenvalue weighted by molar-refractivity contribution is 6.26. The number of aromatic nitrogens is 5. The van der Waals surface area contributed by atoms with Crippen LogP contribution in [0.15, 0.2) is 164 Å². The maximum Gasteiger partial charge on any atom is 0.165 e. The molecule has 7 heteroatoms. The van der Waals surface area contributed by atoms with E-state index in [0.29, 0.717) is 28.7 Å². The third-order valence-electron chi connectivity index (χ3n) is 10.1. The van der Waals surface area contributed by atoms with E-state index in [1.54, 1.807) is 0 Å². The summed E-state index contributed by atoms with van der Waals surface area (Å²) in [4.78, 5) is 14.6. The topological polar surface area (TPSA) is 96.1 Å². The van der Waals surface area contributed by atoms with Crippen molar-refractivity contribution in [3.63, 3.8) is 0 Å². The molecule has 7 aromatic carbocycles. The van der Waals surface area contributed by atoms with Gasteiger partial charge in [-0.3, -0.25) is 0 Å². The first-order chi connectivity index (χ1) is 26.7. The van der Waals surface area contributed by atoms with Gasteiger partial charge in [0.15, 0.2) is 17.5 Å². The van der Waals surface area contributed by atoms with Crippen LogP contribution in [0.1, 0.15) is 11.1 Å². The zero-order chi connectivity index (χ0) is 36.2. The molecule has 0 aliphatic carbocycles. The molecule has 0 saturated carbocycles. The highest BCUT2D eigenvalue weighted by atomic mass is 15.0. The van der Waals surface area contributed by atoms with Crippen molar-refractivity contribution >= 4 is 43.6 Å². The standard InChI is InChI=1S/C47H27N7/c48-28-37-35(47-51-45(30-14-4-1-5-15-30)50-46(52-47)31-16-6-2-7-17-31)25-26-41(38(37)29-49)54-39-22-12-10-20-33(39)34-24-27-42-43(44(34)54)36-21-11-13-23-40(36)53(42)32-18-8-3-9-19-32/h1-27H. The monoisotopic (exact) mass is 689 g/mol. The number of para-hydroxylation sites is 3. The summed E-state index contributed by atoms with van der Waals surface area (Å²) in [6, 6.07) is 59.4. The van der Waals surface area contributed by atoms with Crippen LogP contribution in [0, 0.1) is 22.7 Å². The molecule has 10 rings (SSSR count). The van der Waals surface area contributed by atoms with Gasteiger partial charge in [-0.15, -0.1) is 0 Å². The minimum atomic E-state index is 0.198. The third-order valence-corrected chi connectivity index (χ3v) is 10.1. The number of nitriles is 2. The van der Waals surface area contributed by atoms with Gasteiger partial charge in [0, 0.05) is 43.9 Å². The van der Waals surface area contributed by atoms with Gasteiger partial charge in [0.25, 0.3) is 0 Å². The van der Waals surface area contributed by atoms with E-state index in [1.165, 1.54) is 0 Å². The molecule has 10 aromatic rings. The molecule has 250 valence electrons. The fraction of sp³-hybridized carbons (Fsp3) is 0. The van der Waals surface area contributed by atoms with E-state index < -0.39 is 0 Å². The summed E-state index contributed by atoms with van der Waals surface area (Å²) in [5.74, 6) is 1.27. The van der Waals surface area contributed by atoms with Crippen molar-refractivity contribution < 1.29 is 0 Å². The lowest BCUT2D eigenvalue weighted by atomic mass is 9.99. The molecular formula is C47H27N7. The normalized spacial score (nSPS) is 11.3. The Hall–Kier alpha value is -7.87. The van der Waals surface area contributed by atoms with Gasteiger partial charge in [0.05, 0.1) is 38.9 Å². The van der Waals surface area contributed by atoms with Crippen LogP contribution in [0.2, 0.25) is 0 Å². The van der Waals surface area contributed by atoms with E-state index in [2.05, 4.69) is 81.9 Å². The Bertz CT molecular complexity index is 3110. The molecule has 54 heavy (non-hydrogen) atoms. The van der Waals surface area contributed by atoms with Crippen molar-refractivity contribution in [3.8, 4) is 57.7 Å². The predicted octanol–water partition coefficient (Wildman–Crippen LogP) is 10.8. The van der Waals surface area contributed by atoms with Crippen LogP contribution in [0.5, 0.6) is 0 Å². The smallest absolute Gasteiger partial charge is 0.165 e. The average molecular weight is 690 g/mol. The predicted molar refractivity (Wildman–Crippen MR) is 214 cm³/mol. The molecule has 3 aromatic heterocycles. The molecule has 0 aliphatic heterocycles. The SMILES string of the molecule is N#Cc1c(-c2nc(-c3ccccc3)nc(-c3ccccc3)n2)ccc(-n2c3ccccc3c3ccc4c(c5ccccc5n4-c4ccccc4)c32)c1C#N. The number of benzene rings is 7. The van der Waals surface area contributed by atoms with Gasteiger partial charge in [-0.05, 0) is 42.5 Å². The Morgan fingerprint density at radius 3 is 1.57 bits per heavy atom. The first-order valence-corrected chi connectivity index (χ1v) is 17.6. The van der Waals surface area contributed by atoms with Gasteiger partial charge in [-0.2, -0.15) is 10.5 Å². The van der Waals surface area contributed by atoms with Crippen LogP contribution in [-0.2, 0) is 0 Å². The number of fused-ring (bicyclic) bond motifs is 7. The van der Waals surface area contributed by atoms with Crippen molar-refractivity contribution in [2.75, 3.05) is 0 Å². The first-order valence-electron chi connectivity index (χ1n) is 17.6. The Balaban J connectivity index is 1.28. The van der Waals surface area contributed by atoms with Gasteiger partial charge in [0.2, 0.25) is 0 Å². The van der Waals surface area contributed by atoms with Crippen molar-refractivity contribution in [1.29, 1.82) is 10.5 Å². The molecule has 0 atom stereocenters. The summed E-state index contributed by atoms with van der Waals surface area (Å²) in [6.45, 7) is 0. The van der Waals surface area contributed by atoms with Gasteiger partial charge in [0.1, 0.15) is 12.1 Å². The Labute approximate surface area is 309 Å². The molecule has 0 N–H and O–H groups in total. The highest BCUT2D eigenvalue weighted by Crippen LogP contribution is 2.43. The molecular weight excluding hydrogens is 663 g/mol. The molecule has 0 unspecified atom stereocenters. The average Bonchev–Trinajstić information content (AvgIpc) is 3.77. The number of rotatable bonds is 5. The lowest BCUT2D eigenvalue weighted by Gasteiger charge is -2.15. The highest BCUT2D eigenvalue weighted by Gasteiger charge is 2.25. The second-order valence-electron chi connectivity index (χ2n) is 13.0. The quantitative estimate of drug-likeness (QED) is 0.179. The largest absolute Gasteiger partial charge is 0.309 e. The van der Waals surface area contributed by atoms with Gasteiger partial charge in [-0.25, -0.2) is 15.0 Å². The fourth-order valence-corrected chi connectivity index (χ4v) is 7.74. The van der Waals surface area contributed by atoms with Crippen LogP contribution in [0.25, 0.3) is 89.2 Å². The summed E-state index contributed by atoms with van der Waals surface area (Å²) >= 11 is 0. The molecule has 0 bridgehead atoms. The third kappa shape index (κ3) is 4.70. The van der Waals surface area contributed by atoms with Crippen molar-refractivity contribution in [1.82, 2.24) is 24.1 Å². The summed E-state index contributed by atoms with van der Waals surface area (Å²) < 4.78 is 4.44. The zero-order valence-corrected chi connectivity index (χ0v) is 28.7. The van der Waals surface area contributed by atoms with Crippen LogP contribution in [0.3, 0.4) is 0 Å². The second-order valence-corrected chi connectivity index (χ2v) is 13.0. The summed E-state index contributed by atoms with van der Waals surface area (Å²) in [5.41, 5.74) is 8.21. The van der Waals surface area contributed by atoms with Gasteiger partial charge >= 0.3 is 0 Å². The molecule has 7 nitrogen and oxygen atoms in total. The van der Waals surface area contributed by atoms with E-state index in [4.69, 9.17) is 15.0 Å². The van der Waals surface area contributed by atoms with E-state index >= 15 is 0 Å². The maximum atomic E-state index is 11.0. The van der Waals surface area contributed by atoms with Crippen molar-refractivity contribution in [3.05, 3.63) is 175 Å². The summed E-state index contributed by atoms with van der Waals surface area (Å²) in [5, 5.41) is 26.1. The van der Waals surface area contributed by atoms with E-state index in [9.17, 15) is 10.5 Å². The summed E-state index contributed by atoms with van der Waals surface area (Å²) in [7, 11) is 0. The molecule has 0 aliphatic rings. The molecule has 0 fully saturated rings. The maximum absolute atomic E-state index is 11.0. The minimum Gasteiger partial charge on any atom is -0.309 e. The van der Waals surface area contributed by atoms with E-state index in [0.717, 1.165) is 60.4 Å². The first kappa shape index (κ1) is 30.9. The fourth-order valence-electron chi connectivity index (χ4n) is 7.74. The minimum absolute atomic E-state index is 0.198. The summed E-state index contributed by atoms with van der Waals surface area (Å²) in [6.07, 6.45) is 0. The van der Waals surface area contributed by atoms with Gasteiger partial charge < -0.3 is 9.13 Å². The molecule has 0 amide bonds. The Kier molecular flexibility index (Phi) is 7.11. The lowest BCUT2D eigenvalue weighted by Crippen LogP contribution is -2.05. The number of nitrogens with zero attached hydrogens (tertiary/aromatic N) is 7. The Morgan fingerprint density at radius 2 is 0.944 bits per heavy atom. The molecule has 3 heterocycles. The number of hydrogen-bond donors (Lipinski definition) is 0.